The van der Waals surface area contributed by atoms with Gasteiger partial charge in [-0.05, 0) is 47.4 Å². The summed E-state index contributed by atoms with van der Waals surface area (Å²) in [5, 5.41) is 17.1. The van der Waals surface area contributed by atoms with Crippen LogP contribution in [-0.2, 0) is 28.9 Å². The monoisotopic (exact) mass is 522 g/mol. The fraction of sp³-hybridized carbons (Fsp3) is 0.250. The lowest BCUT2D eigenvalue weighted by Gasteiger charge is -2.20. The number of hydrogen-bond donors (Lipinski definition) is 4. The van der Waals surface area contributed by atoms with E-state index in [0.29, 0.717) is 35.9 Å². The van der Waals surface area contributed by atoms with Crippen LogP contribution in [0.15, 0.2) is 72.8 Å². The molecular formula is C28H31ClN4O4. The van der Waals surface area contributed by atoms with Gasteiger partial charge in [0.05, 0.1) is 20.6 Å². The molecule has 4 N–H and O–H groups in total. The second-order valence-electron chi connectivity index (χ2n) is 8.34. The van der Waals surface area contributed by atoms with Crippen molar-refractivity contribution in [3.8, 4) is 11.5 Å². The van der Waals surface area contributed by atoms with Gasteiger partial charge in [-0.25, -0.2) is 0 Å². The SMILES string of the molecule is COc1ccc(CCNC(=O)[C@@H](Cc2ccccc2)NC(=N)NC(=O)Cc2ccc(Cl)cc2)cc1OC. The summed E-state index contributed by atoms with van der Waals surface area (Å²) in [6.07, 6.45) is 1.01. The molecule has 3 rings (SSSR count). The van der Waals surface area contributed by atoms with E-state index >= 15 is 0 Å². The standard InChI is InChI=1S/C28H31ClN4O4/c1-36-24-13-10-21(17-25(24)37-2)14-15-31-27(35)23(16-19-6-4-3-5-7-19)32-28(30)33-26(34)18-20-8-11-22(29)12-9-20/h3-13,17,23H,14-16,18H2,1-2H3,(H,31,35)(H3,30,32,33,34)/t23-/m1/s1. The maximum atomic E-state index is 13.1. The van der Waals surface area contributed by atoms with E-state index in [2.05, 4.69) is 16.0 Å². The maximum absolute atomic E-state index is 13.1. The molecule has 0 aliphatic rings. The number of methoxy groups -OCH3 is 2. The number of halogens is 1. The van der Waals surface area contributed by atoms with E-state index in [-0.39, 0.29) is 24.2 Å². The van der Waals surface area contributed by atoms with Gasteiger partial charge in [-0.3, -0.25) is 20.3 Å². The van der Waals surface area contributed by atoms with Crippen LogP contribution in [0.1, 0.15) is 16.7 Å². The maximum Gasteiger partial charge on any atom is 0.242 e. The molecule has 0 bridgehead atoms. The molecule has 0 fully saturated rings. The molecule has 3 aromatic carbocycles. The molecule has 194 valence electrons. The predicted molar refractivity (Wildman–Crippen MR) is 144 cm³/mol. The van der Waals surface area contributed by atoms with Gasteiger partial charge in [-0.1, -0.05) is 60.1 Å². The van der Waals surface area contributed by atoms with Gasteiger partial charge in [0.15, 0.2) is 17.5 Å². The lowest BCUT2D eigenvalue weighted by molar-refractivity contribution is -0.123. The fourth-order valence-electron chi connectivity index (χ4n) is 3.73. The lowest BCUT2D eigenvalue weighted by Crippen LogP contribution is -2.52. The first-order valence-electron chi connectivity index (χ1n) is 11.8. The van der Waals surface area contributed by atoms with Crippen LogP contribution in [0.25, 0.3) is 0 Å². The van der Waals surface area contributed by atoms with Crippen molar-refractivity contribution in [2.24, 2.45) is 0 Å². The van der Waals surface area contributed by atoms with Gasteiger partial charge >= 0.3 is 0 Å². The molecule has 0 unspecified atom stereocenters. The zero-order chi connectivity index (χ0) is 26.6. The highest BCUT2D eigenvalue weighted by atomic mass is 35.5. The average molecular weight is 523 g/mol. The van der Waals surface area contributed by atoms with E-state index in [9.17, 15) is 9.59 Å². The molecule has 9 heteroatoms. The Morgan fingerprint density at radius 3 is 2.24 bits per heavy atom. The van der Waals surface area contributed by atoms with Crippen LogP contribution in [-0.4, -0.2) is 44.6 Å². The summed E-state index contributed by atoms with van der Waals surface area (Å²) in [7, 11) is 3.15. The van der Waals surface area contributed by atoms with Crippen molar-refractivity contribution in [1.29, 1.82) is 5.41 Å². The number of carbonyl (C=O) groups excluding carboxylic acids is 2. The lowest BCUT2D eigenvalue weighted by atomic mass is 10.1. The van der Waals surface area contributed by atoms with Crippen LogP contribution in [0.3, 0.4) is 0 Å². The molecule has 0 saturated carbocycles. The third kappa shape index (κ3) is 8.84. The molecule has 1 atom stereocenters. The number of nitrogens with one attached hydrogen (secondary N) is 4. The molecule has 0 aliphatic heterocycles. The smallest absolute Gasteiger partial charge is 0.242 e. The molecule has 0 spiro atoms. The summed E-state index contributed by atoms with van der Waals surface area (Å²) in [5.74, 6) is 0.375. The second kappa shape index (κ2) is 13.9. The minimum absolute atomic E-state index is 0.0854. The van der Waals surface area contributed by atoms with Crippen molar-refractivity contribution >= 4 is 29.4 Å². The molecular weight excluding hydrogens is 492 g/mol. The van der Waals surface area contributed by atoms with E-state index in [1.165, 1.54) is 0 Å². The first kappa shape index (κ1) is 27.5. The van der Waals surface area contributed by atoms with Gasteiger partial charge in [0.2, 0.25) is 11.8 Å². The molecule has 0 saturated heterocycles. The quantitative estimate of drug-likeness (QED) is 0.227. The summed E-state index contributed by atoms with van der Waals surface area (Å²) in [6.45, 7) is 0.386. The molecule has 0 aromatic heterocycles. The highest BCUT2D eigenvalue weighted by Gasteiger charge is 2.21. The first-order valence-corrected chi connectivity index (χ1v) is 12.2. The Hall–Kier alpha value is -4.04. The Morgan fingerprint density at radius 2 is 1.57 bits per heavy atom. The van der Waals surface area contributed by atoms with E-state index in [0.717, 1.165) is 16.7 Å². The van der Waals surface area contributed by atoms with Crippen LogP contribution >= 0.6 is 11.6 Å². The molecule has 0 radical (unpaired) electrons. The van der Waals surface area contributed by atoms with Crippen molar-refractivity contribution in [2.45, 2.75) is 25.3 Å². The van der Waals surface area contributed by atoms with Gasteiger partial charge in [-0.2, -0.15) is 0 Å². The Bertz CT molecular complexity index is 1200. The summed E-state index contributed by atoms with van der Waals surface area (Å²) >= 11 is 5.89. The van der Waals surface area contributed by atoms with Crippen LogP contribution in [0, 0.1) is 5.41 Å². The molecule has 8 nitrogen and oxygen atoms in total. The van der Waals surface area contributed by atoms with Crippen molar-refractivity contribution in [3.63, 3.8) is 0 Å². The number of carbonyl (C=O) groups is 2. The third-order valence-corrected chi connectivity index (χ3v) is 5.87. The van der Waals surface area contributed by atoms with Gasteiger partial charge in [0.1, 0.15) is 6.04 Å². The molecule has 2 amide bonds. The Balaban J connectivity index is 1.58. The van der Waals surface area contributed by atoms with Gasteiger partial charge < -0.3 is 20.1 Å². The number of rotatable bonds is 11. The molecule has 0 heterocycles. The largest absolute Gasteiger partial charge is 0.493 e. The van der Waals surface area contributed by atoms with E-state index in [4.69, 9.17) is 26.5 Å². The number of amides is 2. The minimum atomic E-state index is -0.754. The van der Waals surface area contributed by atoms with Crippen molar-refractivity contribution in [2.75, 3.05) is 20.8 Å². The topological polar surface area (TPSA) is 113 Å². The zero-order valence-electron chi connectivity index (χ0n) is 20.8. The third-order valence-electron chi connectivity index (χ3n) is 5.62. The highest BCUT2D eigenvalue weighted by molar-refractivity contribution is 6.30. The second-order valence-corrected chi connectivity index (χ2v) is 8.78. The van der Waals surface area contributed by atoms with Gasteiger partial charge in [-0.15, -0.1) is 0 Å². The van der Waals surface area contributed by atoms with Crippen molar-refractivity contribution in [3.05, 3.63) is 94.5 Å². The number of hydrogen-bond acceptors (Lipinski definition) is 5. The summed E-state index contributed by atoms with van der Waals surface area (Å²) in [6, 6.07) is 21.3. The molecule has 0 aliphatic carbocycles. The summed E-state index contributed by atoms with van der Waals surface area (Å²) in [5.41, 5.74) is 2.67. The van der Waals surface area contributed by atoms with E-state index < -0.39 is 6.04 Å². The Kier molecular flexibility index (Phi) is 10.3. The Labute approximate surface area is 221 Å². The fourth-order valence-corrected chi connectivity index (χ4v) is 3.86. The summed E-state index contributed by atoms with van der Waals surface area (Å²) in [4.78, 5) is 25.5. The molecule has 3 aromatic rings. The number of guanidine groups is 1. The molecule has 37 heavy (non-hydrogen) atoms. The van der Waals surface area contributed by atoms with E-state index in [1.807, 2.05) is 48.5 Å². The first-order chi connectivity index (χ1) is 17.9. The normalized spacial score (nSPS) is 11.2. The van der Waals surface area contributed by atoms with E-state index in [1.54, 1.807) is 38.5 Å². The Morgan fingerprint density at radius 1 is 0.892 bits per heavy atom. The van der Waals surface area contributed by atoms with Gasteiger partial charge in [0.25, 0.3) is 0 Å². The zero-order valence-corrected chi connectivity index (χ0v) is 21.6. The average Bonchev–Trinajstić information content (AvgIpc) is 2.90. The van der Waals surface area contributed by atoms with Crippen LogP contribution in [0.2, 0.25) is 5.02 Å². The van der Waals surface area contributed by atoms with Crippen molar-refractivity contribution in [1.82, 2.24) is 16.0 Å². The van der Waals surface area contributed by atoms with Crippen LogP contribution in [0.5, 0.6) is 11.5 Å². The minimum Gasteiger partial charge on any atom is -0.493 e. The van der Waals surface area contributed by atoms with Gasteiger partial charge in [0, 0.05) is 18.0 Å². The van der Waals surface area contributed by atoms with Crippen molar-refractivity contribution < 1.29 is 19.1 Å². The van der Waals surface area contributed by atoms with Crippen LogP contribution < -0.4 is 25.4 Å². The van der Waals surface area contributed by atoms with Crippen LogP contribution in [0.4, 0.5) is 0 Å². The number of ether oxygens (including phenoxy) is 2. The number of benzene rings is 3. The predicted octanol–water partition coefficient (Wildman–Crippen LogP) is 3.51. The highest BCUT2D eigenvalue weighted by Crippen LogP contribution is 2.27. The summed E-state index contributed by atoms with van der Waals surface area (Å²) < 4.78 is 10.6.